The summed E-state index contributed by atoms with van der Waals surface area (Å²) in [6.45, 7) is 0. The second kappa shape index (κ2) is 5.38. The average Bonchev–Trinajstić information content (AvgIpc) is 2.75. The van der Waals surface area contributed by atoms with E-state index in [4.69, 9.17) is 4.42 Å². The van der Waals surface area contributed by atoms with Gasteiger partial charge in [0, 0.05) is 6.42 Å². The Labute approximate surface area is 116 Å². The standard InChI is InChI=1S/C13H10BrF3O2/c14-12-5-4-11(19-12)10(18)7-8-2-1-3-9(6-8)13(15,16)17/h1-6,10,18H,7H2. The molecule has 2 aromatic rings. The van der Waals surface area contributed by atoms with Crippen LogP contribution in [0.25, 0.3) is 0 Å². The molecule has 0 aliphatic heterocycles. The Morgan fingerprint density at radius 2 is 1.95 bits per heavy atom. The third-order valence-electron chi connectivity index (χ3n) is 2.61. The highest BCUT2D eigenvalue weighted by molar-refractivity contribution is 9.10. The van der Waals surface area contributed by atoms with Crippen LogP contribution in [-0.4, -0.2) is 5.11 Å². The van der Waals surface area contributed by atoms with Crippen molar-refractivity contribution in [2.24, 2.45) is 0 Å². The summed E-state index contributed by atoms with van der Waals surface area (Å²) < 4.78 is 43.3. The maximum atomic E-state index is 12.5. The minimum Gasteiger partial charge on any atom is -0.452 e. The molecule has 0 spiro atoms. The van der Waals surface area contributed by atoms with E-state index < -0.39 is 17.8 Å². The summed E-state index contributed by atoms with van der Waals surface area (Å²) in [6, 6.07) is 8.08. The molecule has 1 aromatic carbocycles. The minimum absolute atomic E-state index is 0.0594. The van der Waals surface area contributed by atoms with Crippen LogP contribution in [0.15, 0.2) is 45.5 Å². The van der Waals surface area contributed by atoms with Gasteiger partial charge in [-0.1, -0.05) is 18.2 Å². The molecular weight excluding hydrogens is 325 g/mol. The van der Waals surface area contributed by atoms with Crippen molar-refractivity contribution in [1.29, 1.82) is 0 Å². The SMILES string of the molecule is OC(Cc1cccc(C(F)(F)F)c1)c1ccc(Br)o1. The average molecular weight is 335 g/mol. The van der Waals surface area contributed by atoms with Gasteiger partial charge in [-0.3, -0.25) is 0 Å². The zero-order valence-corrected chi connectivity index (χ0v) is 11.2. The first-order valence-corrected chi connectivity index (χ1v) is 6.25. The number of hydrogen-bond donors (Lipinski definition) is 1. The van der Waals surface area contributed by atoms with E-state index in [-0.39, 0.29) is 6.42 Å². The fourth-order valence-corrected chi connectivity index (χ4v) is 2.02. The van der Waals surface area contributed by atoms with Gasteiger partial charge in [0.05, 0.1) is 5.56 Å². The topological polar surface area (TPSA) is 33.4 Å². The molecule has 1 aromatic heterocycles. The Bertz CT molecular complexity index is 563. The van der Waals surface area contributed by atoms with Crippen molar-refractivity contribution in [2.75, 3.05) is 0 Å². The molecule has 0 bridgehead atoms. The first-order chi connectivity index (χ1) is 8.86. The van der Waals surface area contributed by atoms with E-state index in [1.54, 1.807) is 12.1 Å². The first-order valence-electron chi connectivity index (χ1n) is 5.45. The molecule has 0 saturated carbocycles. The number of hydrogen-bond acceptors (Lipinski definition) is 2. The van der Waals surface area contributed by atoms with Gasteiger partial charge in [-0.15, -0.1) is 0 Å². The molecule has 1 N–H and O–H groups in total. The first kappa shape index (κ1) is 14.1. The van der Waals surface area contributed by atoms with E-state index in [0.29, 0.717) is 16.0 Å². The maximum Gasteiger partial charge on any atom is 0.416 e. The Morgan fingerprint density at radius 3 is 2.53 bits per heavy atom. The summed E-state index contributed by atoms with van der Waals surface area (Å²) >= 11 is 3.10. The van der Waals surface area contributed by atoms with Gasteiger partial charge >= 0.3 is 6.18 Å². The number of rotatable bonds is 3. The zero-order valence-electron chi connectivity index (χ0n) is 9.62. The molecule has 2 rings (SSSR count). The molecule has 102 valence electrons. The number of alkyl halides is 3. The molecule has 0 saturated heterocycles. The van der Waals surface area contributed by atoms with Crippen molar-refractivity contribution in [3.63, 3.8) is 0 Å². The van der Waals surface area contributed by atoms with Crippen LogP contribution in [0.3, 0.4) is 0 Å². The predicted molar refractivity (Wildman–Crippen MR) is 66.5 cm³/mol. The van der Waals surface area contributed by atoms with Crippen LogP contribution >= 0.6 is 15.9 Å². The Kier molecular flexibility index (Phi) is 4.01. The van der Waals surface area contributed by atoms with E-state index in [1.165, 1.54) is 12.1 Å². The summed E-state index contributed by atoms with van der Waals surface area (Å²) in [5, 5.41) is 9.89. The van der Waals surface area contributed by atoms with Gasteiger partial charge in [0.25, 0.3) is 0 Å². The summed E-state index contributed by atoms with van der Waals surface area (Å²) in [7, 11) is 0. The van der Waals surface area contributed by atoms with Gasteiger partial charge < -0.3 is 9.52 Å². The lowest BCUT2D eigenvalue weighted by Crippen LogP contribution is -2.07. The van der Waals surface area contributed by atoms with Crippen molar-refractivity contribution in [1.82, 2.24) is 0 Å². The number of halogens is 4. The third kappa shape index (κ3) is 3.61. The highest BCUT2D eigenvalue weighted by Gasteiger charge is 2.30. The predicted octanol–water partition coefficient (Wildman–Crippen LogP) is 4.34. The van der Waals surface area contributed by atoms with Gasteiger partial charge in [0.1, 0.15) is 11.9 Å². The van der Waals surface area contributed by atoms with Gasteiger partial charge in [-0.25, -0.2) is 0 Å². The van der Waals surface area contributed by atoms with Gasteiger partial charge in [-0.05, 0) is 39.7 Å². The van der Waals surface area contributed by atoms with Crippen molar-refractivity contribution in [2.45, 2.75) is 18.7 Å². The van der Waals surface area contributed by atoms with Crippen LogP contribution < -0.4 is 0 Å². The summed E-state index contributed by atoms with van der Waals surface area (Å²) in [5.41, 5.74) is -0.326. The largest absolute Gasteiger partial charge is 0.452 e. The smallest absolute Gasteiger partial charge is 0.416 e. The van der Waals surface area contributed by atoms with Crippen LogP contribution in [0.5, 0.6) is 0 Å². The fraction of sp³-hybridized carbons (Fsp3) is 0.231. The van der Waals surface area contributed by atoms with Crippen LogP contribution in [0.1, 0.15) is 23.0 Å². The number of aliphatic hydroxyl groups is 1. The van der Waals surface area contributed by atoms with E-state index in [2.05, 4.69) is 15.9 Å². The van der Waals surface area contributed by atoms with Crippen molar-refractivity contribution in [3.8, 4) is 0 Å². The second-order valence-electron chi connectivity index (χ2n) is 4.06. The monoisotopic (exact) mass is 334 g/mol. The van der Waals surface area contributed by atoms with Crippen molar-refractivity contribution < 1.29 is 22.7 Å². The lowest BCUT2D eigenvalue weighted by Gasteiger charge is -2.11. The van der Waals surface area contributed by atoms with Crippen LogP contribution in [0, 0.1) is 0 Å². The molecule has 6 heteroatoms. The van der Waals surface area contributed by atoms with Crippen LogP contribution in [0.4, 0.5) is 13.2 Å². The lowest BCUT2D eigenvalue weighted by molar-refractivity contribution is -0.137. The highest BCUT2D eigenvalue weighted by Crippen LogP contribution is 2.30. The molecule has 1 unspecified atom stereocenters. The quantitative estimate of drug-likeness (QED) is 0.905. The maximum absolute atomic E-state index is 12.5. The minimum atomic E-state index is -4.38. The van der Waals surface area contributed by atoms with Crippen LogP contribution in [0.2, 0.25) is 0 Å². The van der Waals surface area contributed by atoms with E-state index >= 15 is 0 Å². The molecule has 1 heterocycles. The van der Waals surface area contributed by atoms with Crippen molar-refractivity contribution in [3.05, 3.63) is 58.0 Å². The molecule has 0 amide bonds. The Balaban J connectivity index is 2.15. The normalized spacial score (nSPS) is 13.5. The van der Waals surface area contributed by atoms with Crippen LogP contribution in [-0.2, 0) is 12.6 Å². The Morgan fingerprint density at radius 1 is 1.21 bits per heavy atom. The molecule has 2 nitrogen and oxygen atoms in total. The molecule has 0 aliphatic carbocycles. The fourth-order valence-electron chi connectivity index (χ4n) is 1.71. The second-order valence-corrected chi connectivity index (χ2v) is 4.84. The molecule has 19 heavy (non-hydrogen) atoms. The van der Waals surface area contributed by atoms with E-state index in [9.17, 15) is 18.3 Å². The van der Waals surface area contributed by atoms with E-state index in [1.807, 2.05) is 0 Å². The summed E-state index contributed by atoms with van der Waals surface area (Å²) in [6.07, 6.45) is -5.30. The number of benzene rings is 1. The zero-order chi connectivity index (χ0) is 14.0. The molecular formula is C13H10BrF3O2. The molecule has 0 radical (unpaired) electrons. The van der Waals surface area contributed by atoms with Gasteiger partial charge in [-0.2, -0.15) is 13.2 Å². The number of aliphatic hydroxyl groups excluding tert-OH is 1. The number of furan rings is 1. The van der Waals surface area contributed by atoms with Crippen molar-refractivity contribution >= 4 is 15.9 Å². The lowest BCUT2D eigenvalue weighted by atomic mass is 10.0. The third-order valence-corrected chi connectivity index (χ3v) is 3.03. The Hall–Kier alpha value is -1.27. The molecule has 1 atom stereocenters. The molecule has 0 fully saturated rings. The van der Waals surface area contributed by atoms with Gasteiger partial charge in [0.2, 0.25) is 0 Å². The molecule has 0 aliphatic rings. The summed E-state index contributed by atoms with van der Waals surface area (Å²) in [4.78, 5) is 0. The highest BCUT2D eigenvalue weighted by atomic mass is 79.9. The van der Waals surface area contributed by atoms with E-state index in [0.717, 1.165) is 12.1 Å². The van der Waals surface area contributed by atoms with Gasteiger partial charge in [0.15, 0.2) is 4.67 Å². The summed E-state index contributed by atoms with van der Waals surface area (Å²) in [5.74, 6) is 0.310.